The van der Waals surface area contributed by atoms with Gasteiger partial charge < -0.3 is 14.0 Å². The summed E-state index contributed by atoms with van der Waals surface area (Å²) in [6, 6.07) is 16.0. The van der Waals surface area contributed by atoms with Crippen molar-refractivity contribution in [3.8, 4) is 17.1 Å². The molecule has 3 aromatic heterocycles. The van der Waals surface area contributed by atoms with E-state index in [2.05, 4.69) is 37.1 Å². The van der Waals surface area contributed by atoms with Crippen molar-refractivity contribution in [1.82, 2.24) is 34.7 Å². The van der Waals surface area contributed by atoms with Gasteiger partial charge in [0.25, 0.3) is 0 Å². The number of aromatic nitrogens is 7. The Kier molecular flexibility index (Phi) is 6.32. The second-order valence-electron chi connectivity index (χ2n) is 8.50. The maximum Gasteiger partial charge on any atom is 0.245 e. The van der Waals surface area contributed by atoms with Gasteiger partial charge in [0.2, 0.25) is 13.2 Å². The molecule has 0 aliphatic heterocycles. The first-order chi connectivity index (χ1) is 16.9. The van der Waals surface area contributed by atoms with Crippen LogP contribution in [0.3, 0.4) is 0 Å². The molecule has 5 aromatic rings. The van der Waals surface area contributed by atoms with Gasteiger partial charge in [-0.2, -0.15) is 5.21 Å². The predicted molar refractivity (Wildman–Crippen MR) is 137 cm³/mol. The Hall–Kier alpha value is -3.26. The smallest absolute Gasteiger partial charge is 0.245 e. The Balaban J connectivity index is 1.62. The first-order valence-electron chi connectivity index (χ1n) is 11.4. The van der Waals surface area contributed by atoms with Crippen molar-refractivity contribution in [3.63, 3.8) is 0 Å². The van der Waals surface area contributed by atoms with Crippen LogP contribution >= 0.6 is 19.0 Å². The van der Waals surface area contributed by atoms with E-state index >= 15 is 0 Å². The maximum absolute atomic E-state index is 12.7. The van der Waals surface area contributed by atoms with Crippen LogP contribution in [0.1, 0.15) is 31.2 Å². The van der Waals surface area contributed by atoms with Crippen LogP contribution in [0, 0.1) is 0 Å². The van der Waals surface area contributed by atoms with Crippen LogP contribution in [-0.4, -0.2) is 46.3 Å². The van der Waals surface area contributed by atoms with E-state index < -0.39 is 7.37 Å². The van der Waals surface area contributed by atoms with Crippen LogP contribution in [0.4, 0.5) is 0 Å². The fourth-order valence-corrected chi connectivity index (χ4v) is 6.14. The largest absolute Gasteiger partial charge is 0.340 e. The summed E-state index contributed by atoms with van der Waals surface area (Å²) in [6.07, 6.45) is 4.59. The van der Waals surface area contributed by atoms with E-state index in [9.17, 15) is 9.46 Å². The zero-order valence-electron chi connectivity index (χ0n) is 19.4. The average Bonchev–Trinajstić information content (AvgIpc) is 3.57. The molecule has 2 aromatic carbocycles. The highest BCUT2D eigenvalue weighted by Crippen LogP contribution is 2.38. The number of halogens is 1. The summed E-state index contributed by atoms with van der Waals surface area (Å²) < 4.78 is 16.6. The number of hydrogen-bond donors (Lipinski definition) is 2. The fourth-order valence-electron chi connectivity index (χ4n) is 4.44. The van der Waals surface area contributed by atoms with E-state index in [-0.39, 0.29) is 10.6 Å². The number of tetrazole rings is 1. The molecule has 0 aliphatic carbocycles. The standard InChI is InChI=1S/C24H25ClN7O2P/c1-3-4-12-21-26-22(25)24(35(2,33)34)32(21)15-16-8-7-11-19-17(16)13-14-31(19)20-10-6-5-9-18(20)23-27-29-30-28-23/h5-11,13-14H,3-4,12,15H2,1-2H3,(H,33,34)(H,27,28,29,30). The highest BCUT2D eigenvalue weighted by molar-refractivity contribution is 7.65. The van der Waals surface area contributed by atoms with Gasteiger partial charge >= 0.3 is 0 Å². The number of nitrogens with one attached hydrogen (secondary N) is 1. The lowest BCUT2D eigenvalue weighted by atomic mass is 10.1. The van der Waals surface area contributed by atoms with Gasteiger partial charge in [-0.05, 0) is 41.5 Å². The Morgan fingerprint density at radius 1 is 1.14 bits per heavy atom. The second-order valence-corrected chi connectivity index (χ2v) is 11.0. The van der Waals surface area contributed by atoms with Gasteiger partial charge in [-0.3, -0.25) is 4.57 Å². The molecule has 0 bridgehead atoms. The molecule has 0 aliphatic rings. The van der Waals surface area contributed by atoms with Crippen molar-refractivity contribution in [3.05, 3.63) is 71.3 Å². The molecule has 1 unspecified atom stereocenters. The molecule has 3 heterocycles. The molecule has 0 radical (unpaired) electrons. The summed E-state index contributed by atoms with van der Waals surface area (Å²) in [6.45, 7) is 3.80. The van der Waals surface area contributed by atoms with Gasteiger partial charge in [0.15, 0.2) is 5.15 Å². The quantitative estimate of drug-likeness (QED) is 0.296. The minimum absolute atomic E-state index is 0.100. The SMILES string of the molecule is CCCCc1nc(Cl)c(P(C)(=O)O)n1Cc1cccc2c1ccn2-c1ccccc1-c1nn[nH]n1. The summed E-state index contributed by atoms with van der Waals surface area (Å²) in [5.74, 6) is 1.24. The maximum atomic E-state index is 12.7. The van der Waals surface area contributed by atoms with Crippen LogP contribution < -0.4 is 5.44 Å². The zero-order chi connectivity index (χ0) is 24.6. The first-order valence-corrected chi connectivity index (χ1v) is 13.8. The first kappa shape index (κ1) is 23.5. The third-order valence-electron chi connectivity index (χ3n) is 6.03. The normalized spacial score (nSPS) is 13.4. The number of unbranched alkanes of at least 4 members (excludes halogenated alkanes) is 1. The molecular formula is C24H25ClN7O2P. The molecule has 11 heteroatoms. The highest BCUT2D eigenvalue weighted by atomic mass is 35.5. The number of fused-ring (bicyclic) bond motifs is 1. The van der Waals surface area contributed by atoms with E-state index in [1.807, 2.05) is 59.3 Å². The van der Waals surface area contributed by atoms with Crippen molar-refractivity contribution < 1.29 is 9.46 Å². The fraction of sp³-hybridized carbons (Fsp3) is 0.250. The van der Waals surface area contributed by atoms with Gasteiger partial charge in [-0.25, -0.2) is 4.98 Å². The lowest BCUT2D eigenvalue weighted by Crippen LogP contribution is -2.20. The molecule has 35 heavy (non-hydrogen) atoms. The molecule has 0 saturated carbocycles. The lowest BCUT2D eigenvalue weighted by molar-refractivity contribution is 0.493. The van der Waals surface area contributed by atoms with Crippen LogP contribution in [0.15, 0.2) is 54.7 Å². The number of nitrogens with zero attached hydrogens (tertiary/aromatic N) is 6. The summed E-state index contributed by atoms with van der Waals surface area (Å²) >= 11 is 6.36. The third-order valence-corrected chi connectivity index (χ3v) is 7.66. The van der Waals surface area contributed by atoms with E-state index in [0.717, 1.165) is 46.4 Å². The lowest BCUT2D eigenvalue weighted by Gasteiger charge is -2.15. The molecule has 2 N–H and O–H groups in total. The molecule has 180 valence electrons. The van der Waals surface area contributed by atoms with Crippen molar-refractivity contribution in [1.29, 1.82) is 0 Å². The minimum atomic E-state index is -3.64. The number of H-pyrrole nitrogens is 1. The topological polar surface area (TPSA) is 115 Å². The number of para-hydroxylation sites is 1. The molecule has 0 fully saturated rings. The van der Waals surface area contributed by atoms with Gasteiger partial charge in [0, 0.05) is 30.2 Å². The van der Waals surface area contributed by atoms with Gasteiger partial charge in [0.1, 0.15) is 11.3 Å². The molecule has 5 rings (SSSR count). The average molecular weight is 510 g/mol. The van der Waals surface area contributed by atoms with Gasteiger partial charge in [-0.1, -0.05) is 49.2 Å². The highest BCUT2D eigenvalue weighted by Gasteiger charge is 2.27. The van der Waals surface area contributed by atoms with E-state index in [4.69, 9.17) is 11.6 Å². The summed E-state index contributed by atoms with van der Waals surface area (Å²) in [5, 5.41) is 15.6. The van der Waals surface area contributed by atoms with E-state index in [1.165, 1.54) is 6.66 Å². The minimum Gasteiger partial charge on any atom is -0.340 e. The Morgan fingerprint density at radius 2 is 1.97 bits per heavy atom. The van der Waals surface area contributed by atoms with E-state index in [1.54, 1.807) is 0 Å². The summed E-state index contributed by atoms with van der Waals surface area (Å²) in [7, 11) is -3.64. The number of hydrogen-bond acceptors (Lipinski definition) is 5. The second kappa shape index (κ2) is 9.41. The number of aromatic amines is 1. The van der Waals surface area contributed by atoms with Crippen LogP contribution in [0.2, 0.25) is 5.15 Å². The number of rotatable bonds is 8. The van der Waals surface area contributed by atoms with Crippen molar-refractivity contribution >= 4 is 35.3 Å². The number of aryl methyl sites for hydroxylation is 1. The molecule has 1 atom stereocenters. The van der Waals surface area contributed by atoms with Crippen LogP contribution in [0.25, 0.3) is 28.0 Å². The summed E-state index contributed by atoms with van der Waals surface area (Å²) in [4.78, 5) is 14.9. The van der Waals surface area contributed by atoms with Crippen LogP contribution in [-0.2, 0) is 17.5 Å². The zero-order valence-corrected chi connectivity index (χ0v) is 21.0. The van der Waals surface area contributed by atoms with Gasteiger partial charge in [-0.15, -0.1) is 10.2 Å². The third kappa shape index (κ3) is 4.43. The Bertz CT molecular complexity index is 1540. The number of benzene rings is 2. The van der Waals surface area contributed by atoms with Crippen molar-refractivity contribution in [2.45, 2.75) is 32.7 Å². The molecular weight excluding hydrogens is 485 g/mol. The molecule has 0 amide bonds. The van der Waals surface area contributed by atoms with Crippen molar-refractivity contribution in [2.24, 2.45) is 0 Å². The summed E-state index contributed by atoms with van der Waals surface area (Å²) in [5.41, 5.74) is 3.96. The molecule has 0 saturated heterocycles. The van der Waals surface area contributed by atoms with E-state index in [0.29, 0.717) is 18.8 Å². The Morgan fingerprint density at radius 3 is 2.71 bits per heavy atom. The van der Waals surface area contributed by atoms with Gasteiger partial charge in [0.05, 0.1) is 17.7 Å². The Labute approximate surface area is 207 Å². The molecule has 9 nitrogen and oxygen atoms in total. The van der Waals surface area contributed by atoms with Crippen molar-refractivity contribution in [2.75, 3.05) is 6.66 Å². The predicted octanol–water partition coefficient (Wildman–Crippen LogP) is 4.58. The van der Waals surface area contributed by atoms with Crippen LogP contribution in [0.5, 0.6) is 0 Å². The number of imidazole rings is 1. The molecule has 0 spiro atoms. The monoisotopic (exact) mass is 509 g/mol.